The quantitative estimate of drug-likeness (QED) is 0.885. The van der Waals surface area contributed by atoms with Crippen LogP contribution in [0.3, 0.4) is 0 Å². The van der Waals surface area contributed by atoms with Gasteiger partial charge in [-0.3, -0.25) is 4.40 Å². The Morgan fingerprint density at radius 3 is 2.57 bits per heavy atom. The second kappa shape index (κ2) is 4.92. The van der Waals surface area contributed by atoms with Crippen LogP contribution in [0.1, 0.15) is 18.5 Å². The first kappa shape index (κ1) is 15.4. The number of hydrogen-bond donors (Lipinski definition) is 1. The average molecular weight is 356 g/mol. The van der Waals surface area contributed by atoms with Crippen LogP contribution in [0.15, 0.2) is 24.7 Å². The third-order valence-corrected chi connectivity index (χ3v) is 6.73. The van der Waals surface area contributed by atoms with Crippen molar-refractivity contribution < 1.29 is 13.5 Å². The molecule has 0 radical (unpaired) electrons. The molecule has 0 amide bonds. The van der Waals surface area contributed by atoms with E-state index in [-0.39, 0.29) is 11.8 Å². The maximum absolute atomic E-state index is 11.7. The molecule has 2 aliphatic rings. The van der Waals surface area contributed by atoms with E-state index in [9.17, 15) is 13.5 Å². The van der Waals surface area contributed by atoms with Gasteiger partial charge in [-0.05, 0) is 36.8 Å². The Labute approximate surface area is 139 Å². The Kier molecular flexibility index (Phi) is 3.29. The maximum Gasteiger partial charge on any atom is 0.211 e. The van der Waals surface area contributed by atoms with E-state index < -0.39 is 15.6 Å². The lowest BCUT2D eigenvalue weighted by Crippen LogP contribution is -2.32. The van der Waals surface area contributed by atoms with Crippen molar-refractivity contribution >= 4 is 27.1 Å². The monoisotopic (exact) mass is 355 g/mol. The SMILES string of the molecule is CS(=O)(=O)N1C[C@@H]2CC(O)(c3c(Cl)ccc4cncn34)C[C@H]2C1. The van der Waals surface area contributed by atoms with Gasteiger partial charge in [0.05, 0.1) is 35.0 Å². The van der Waals surface area contributed by atoms with Gasteiger partial charge >= 0.3 is 0 Å². The van der Waals surface area contributed by atoms with Gasteiger partial charge in [0.1, 0.15) is 5.60 Å². The third kappa shape index (κ3) is 2.38. The zero-order valence-corrected chi connectivity index (χ0v) is 14.3. The highest BCUT2D eigenvalue weighted by atomic mass is 35.5. The topological polar surface area (TPSA) is 74.9 Å². The number of pyridine rings is 1. The molecule has 2 fully saturated rings. The van der Waals surface area contributed by atoms with Crippen molar-refractivity contribution in [3.63, 3.8) is 0 Å². The normalized spacial score (nSPS) is 27.6. The molecular formula is C15H18ClN3O3S. The highest BCUT2D eigenvalue weighted by Crippen LogP contribution is 2.50. The summed E-state index contributed by atoms with van der Waals surface area (Å²) in [5.41, 5.74) is 0.498. The second-order valence-corrected chi connectivity index (χ2v) is 9.15. The van der Waals surface area contributed by atoms with E-state index in [0.717, 1.165) is 5.52 Å². The van der Waals surface area contributed by atoms with Crippen LogP contribution >= 0.6 is 11.6 Å². The van der Waals surface area contributed by atoms with Crippen molar-refractivity contribution in [1.82, 2.24) is 13.7 Å². The van der Waals surface area contributed by atoms with Crippen LogP contribution < -0.4 is 0 Å². The summed E-state index contributed by atoms with van der Waals surface area (Å²) < 4.78 is 26.8. The summed E-state index contributed by atoms with van der Waals surface area (Å²) in [7, 11) is -3.17. The van der Waals surface area contributed by atoms with Crippen molar-refractivity contribution in [2.75, 3.05) is 19.3 Å². The van der Waals surface area contributed by atoms with Crippen molar-refractivity contribution in [2.45, 2.75) is 18.4 Å². The molecule has 23 heavy (non-hydrogen) atoms. The molecule has 4 rings (SSSR count). The van der Waals surface area contributed by atoms with E-state index in [1.807, 2.05) is 10.5 Å². The molecule has 124 valence electrons. The van der Waals surface area contributed by atoms with Crippen molar-refractivity contribution in [3.05, 3.63) is 35.4 Å². The van der Waals surface area contributed by atoms with Gasteiger partial charge in [0.25, 0.3) is 0 Å². The summed E-state index contributed by atoms with van der Waals surface area (Å²) in [5, 5.41) is 11.8. The number of hydrogen-bond acceptors (Lipinski definition) is 4. The number of halogens is 1. The van der Waals surface area contributed by atoms with Gasteiger partial charge < -0.3 is 5.11 Å². The molecule has 1 N–H and O–H groups in total. The number of fused-ring (bicyclic) bond motifs is 2. The lowest BCUT2D eigenvalue weighted by Gasteiger charge is -2.27. The highest BCUT2D eigenvalue weighted by Gasteiger charge is 2.52. The number of aromatic nitrogens is 2. The summed E-state index contributed by atoms with van der Waals surface area (Å²) >= 11 is 6.37. The van der Waals surface area contributed by atoms with E-state index in [0.29, 0.717) is 36.6 Å². The average Bonchev–Trinajstić information content (AvgIpc) is 3.09. The Morgan fingerprint density at radius 2 is 1.96 bits per heavy atom. The number of nitrogens with zero attached hydrogens (tertiary/aromatic N) is 3. The lowest BCUT2D eigenvalue weighted by molar-refractivity contribution is 0.0285. The number of aliphatic hydroxyl groups is 1. The minimum Gasteiger partial charge on any atom is -0.384 e. The van der Waals surface area contributed by atoms with Crippen LogP contribution in [-0.4, -0.2) is 46.6 Å². The fourth-order valence-electron chi connectivity index (χ4n) is 4.19. The van der Waals surface area contributed by atoms with Crippen LogP contribution in [0.2, 0.25) is 5.02 Å². The van der Waals surface area contributed by atoms with Gasteiger partial charge in [-0.15, -0.1) is 0 Å². The summed E-state index contributed by atoms with van der Waals surface area (Å²) in [6.07, 6.45) is 5.65. The molecular weight excluding hydrogens is 338 g/mol. The van der Waals surface area contributed by atoms with E-state index in [1.165, 1.54) is 10.6 Å². The minimum atomic E-state index is -3.17. The Bertz CT molecular complexity index is 865. The molecule has 1 aliphatic carbocycles. The summed E-state index contributed by atoms with van der Waals surface area (Å²) in [4.78, 5) is 4.13. The molecule has 6 nitrogen and oxygen atoms in total. The number of sulfonamides is 1. The molecule has 1 saturated heterocycles. The van der Waals surface area contributed by atoms with Gasteiger partial charge in [-0.2, -0.15) is 0 Å². The third-order valence-electron chi connectivity index (χ3n) is 5.19. The standard InChI is InChI=1S/C15H18ClN3O3S/c1-23(21,22)18-7-10-4-15(20,5-11(10)8-18)14-13(16)3-2-12-6-17-9-19(12)14/h2-3,6,9-11,20H,4-5,7-8H2,1H3/t10-,11-/m0/s1. The Balaban J connectivity index is 1.70. The Hall–Kier alpha value is -1.15. The molecule has 0 aromatic carbocycles. The van der Waals surface area contributed by atoms with Gasteiger partial charge in [0.2, 0.25) is 10.0 Å². The summed E-state index contributed by atoms with van der Waals surface area (Å²) in [5.74, 6) is 0.314. The van der Waals surface area contributed by atoms with Gasteiger partial charge in [0.15, 0.2) is 0 Å². The van der Waals surface area contributed by atoms with Crippen LogP contribution in [-0.2, 0) is 15.6 Å². The molecule has 2 aromatic heterocycles. The van der Waals surface area contributed by atoms with E-state index in [1.54, 1.807) is 18.6 Å². The molecule has 1 saturated carbocycles. The fourth-order valence-corrected chi connectivity index (χ4v) is 5.44. The molecule has 0 spiro atoms. The minimum absolute atomic E-state index is 0.157. The van der Waals surface area contributed by atoms with Crippen LogP contribution in [0, 0.1) is 11.8 Å². The largest absolute Gasteiger partial charge is 0.384 e. The lowest BCUT2D eigenvalue weighted by atomic mass is 9.94. The van der Waals surface area contributed by atoms with Crippen LogP contribution in [0.25, 0.3) is 5.52 Å². The zero-order valence-electron chi connectivity index (χ0n) is 12.7. The van der Waals surface area contributed by atoms with E-state index in [4.69, 9.17) is 11.6 Å². The fraction of sp³-hybridized carbons (Fsp3) is 0.533. The summed E-state index contributed by atoms with van der Waals surface area (Å²) in [6, 6.07) is 3.64. The predicted octanol–water partition coefficient (Wildman–Crippen LogP) is 1.48. The zero-order chi connectivity index (χ0) is 16.4. The summed E-state index contributed by atoms with van der Waals surface area (Å²) in [6.45, 7) is 0.951. The molecule has 1 aliphatic heterocycles. The first-order valence-electron chi connectivity index (χ1n) is 7.56. The molecule has 8 heteroatoms. The van der Waals surface area contributed by atoms with Gasteiger partial charge in [0, 0.05) is 13.1 Å². The smallest absolute Gasteiger partial charge is 0.211 e. The number of rotatable bonds is 2. The molecule has 0 bridgehead atoms. The first-order chi connectivity index (χ1) is 10.8. The number of imidazole rings is 1. The van der Waals surface area contributed by atoms with Crippen molar-refractivity contribution in [2.24, 2.45) is 11.8 Å². The van der Waals surface area contributed by atoms with Crippen LogP contribution in [0.4, 0.5) is 0 Å². The first-order valence-corrected chi connectivity index (χ1v) is 9.79. The predicted molar refractivity (Wildman–Crippen MR) is 86.7 cm³/mol. The second-order valence-electron chi connectivity index (χ2n) is 6.76. The van der Waals surface area contributed by atoms with E-state index >= 15 is 0 Å². The van der Waals surface area contributed by atoms with E-state index in [2.05, 4.69) is 4.98 Å². The molecule has 0 unspecified atom stereocenters. The highest BCUT2D eigenvalue weighted by molar-refractivity contribution is 7.88. The maximum atomic E-state index is 11.7. The van der Waals surface area contributed by atoms with Crippen LogP contribution in [0.5, 0.6) is 0 Å². The molecule has 2 aromatic rings. The van der Waals surface area contributed by atoms with Gasteiger partial charge in [-0.1, -0.05) is 11.6 Å². The van der Waals surface area contributed by atoms with Crippen molar-refractivity contribution in [1.29, 1.82) is 0 Å². The van der Waals surface area contributed by atoms with Crippen molar-refractivity contribution in [3.8, 4) is 0 Å². The molecule has 3 heterocycles. The van der Waals surface area contributed by atoms with Gasteiger partial charge in [-0.25, -0.2) is 17.7 Å². The Morgan fingerprint density at radius 1 is 1.30 bits per heavy atom. The molecule has 2 atom stereocenters.